The summed E-state index contributed by atoms with van der Waals surface area (Å²) in [6.45, 7) is 0. The topological polar surface area (TPSA) is 84.0 Å². The van der Waals surface area contributed by atoms with E-state index in [0.717, 1.165) is 12.1 Å². The van der Waals surface area contributed by atoms with Gasteiger partial charge in [-0.15, -0.1) is 0 Å². The summed E-state index contributed by atoms with van der Waals surface area (Å²) in [5.74, 6) is -1.61. The van der Waals surface area contributed by atoms with Gasteiger partial charge in [0.1, 0.15) is 0 Å². The molecule has 2 N–H and O–H groups in total. The van der Waals surface area contributed by atoms with Gasteiger partial charge in [-0.25, -0.2) is 9.18 Å². The molecule has 0 bridgehead atoms. The molecule has 0 aliphatic heterocycles. The monoisotopic (exact) mass is 488 g/mol. The number of fused-ring (bicyclic) bond motifs is 1. The van der Waals surface area contributed by atoms with Crippen LogP contribution in [-0.2, 0) is 6.18 Å². The zero-order valence-electron chi connectivity index (χ0n) is 17.0. The lowest BCUT2D eigenvalue weighted by atomic mass is 10.0. The van der Waals surface area contributed by atoms with E-state index >= 15 is 4.39 Å². The van der Waals surface area contributed by atoms with Crippen LogP contribution in [0.5, 0.6) is 0 Å². The number of benzene rings is 3. The Balaban J connectivity index is 1.53. The lowest BCUT2D eigenvalue weighted by molar-refractivity contribution is -0.137. The Hall–Kier alpha value is -4.05. The van der Waals surface area contributed by atoms with E-state index in [0.29, 0.717) is 17.1 Å². The third-order valence-corrected chi connectivity index (χ3v) is 5.07. The molecule has 0 aliphatic rings. The van der Waals surface area contributed by atoms with Crippen LogP contribution in [-0.4, -0.2) is 21.8 Å². The molecule has 2 amide bonds. The maximum absolute atomic E-state index is 15.0. The smallest absolute Gasteiger partial charge is 0.308 e. The van der Waals surface area contributed by atoms with E-state index in [9.17, 15) is 22.8 Å². The van der Waals surface area contributed by atoms with E-state index in [1.54, 1.807) is 6.07 Å². The predicted octanol–water partition coefficient (Wildman–Crippen LogP) is 6.32. The molecule has 0 spiro atoms. The Kier molecular flexibility index (Phi) is 6.16. The highest BCUT2D eigenvalue weighted by Crippen LogP contribution is 2.36. The van der Waals surface area contributed by atoms with Crippen molar-refractivity contribution in [1.29, 1.82) is 0 Å². The average Bonchev–Trinajstić information content (AvgIpc) is 2.79. The van der Waals surface area contributed by atoms with Crippen LogP contribution in [0, 0.1) is 5.82 Å². The Morgan fingerprint density at radius 2 is 1.62 bits per heavy atom. The molecule has 0 radical (unpaired) electrons. The van der Waals surface area contributed by atoms with Gasteiger partial charge in [0.2, 0.25) is 0 Å². The van der Waals surface area contributed by atoms with Gasteiger partial charge in [0.15, 0.2) is 11.6 Å². The standard InChI is InChI=1S/C23H13ClF4N4O2/c24-16-11-13(5-6-15(16)23(26,27)28)31-22(34)32-18-3-1-2-14(20(18)25)21(33)12-4-7-17-19(10-12)30-9-8-29-17/h1-11H,(H2,31,32,34). The van der Waals surface area contributed by atoms with Crippen LogP contribution in [0.25, 0.3) is 11.0 Å². The lowest BCUT2D eigenvalue weighted by Crippen LogP contribution is -2.21. The minimum absolute atomic E-state index is 0.0413. The number of nitrogens with one attached hydrogen (secondary N) is 2. The predicted molar refractivity (Wildman–Crippen MR) is 118 cm³/mol. The highest BCUT2D eigenvalue weighted by atomic mass is 35.5. The van der Waals surface area contributed by atoms with Crippen molar-refractivity contribution in [2.24, 2.45) is 0 Å². The number of aromatic nitrogens is 2. The molecule has 11 heteroatoms. The van der Waals surface area contributed by atoms with Crippen molar-refractivity contribution in [3.8, 4) is 0 Å². The van der Waals surface area contributed by atoms with Crippen LogP contribution in [0.4, 0.5) is 33.7 Å². The van der Waals surface area contributed by atoms with Gasteiger partial charge >= 0.3 is 12.2 Å². The summed E-state index contributed by atoms with van der Waals surface area (Å²) in [7, 11) is 0. The van der Waals surface area contributed by atoms with Crippen LogP contribution in [0.3, 0.4) is 0 Å². The Morgan fingerprint density at radius 3 is 2.32 bits per heavy atom. The third-order valence-electron chi connectivity index (χ3n) is 4.76. The number of carbonyl (C=O) groups is 2. The number of urea groups is 1. The Labute approximate surface area is 194 Å². The molecule has 0 saturated heterocycles. The molecule has 34 heavy (non-hydrogen) atoms. The van der Waals surface area contributed by atoms with Gasteiger partial charge in [-0.1, -0.05) is 17.7 Å². The van der Waals surface area contributed by atoms with E-state index < -0.39 is 34.4 Å². The maximum atomic E-state index is 15.0. The number of anilines is 2. The number of rotatable bonds is 4. The second-order valence-electron chi connectivity index (χ2n) is 7.03. The normalized spacial score (nSPS) is 11.3. The van der Waals surface area contributed by atoms with Crippen LogP contribution in [0.15, 0.2) is 67.0 Å². The van der Waals surface area contributed by atoms with Crippen molar-refractivity contribution in [3.63, 3.8) is 0 Å². The summed E-state index contributed by atoms with van der Waals surface area (Å²) in [6.07, 6.45) is -1.68. The number of hydrogen-bond acceptors (Lipinski definition) is 4. The number of hydrogen-bond donors (Lipinski definition) is 2. The summed E-state index contributed by atoms with van der Waals surface area (Å²) in [5, 5.41) is 3.90. The quantitative estimate of drug-likeness (QED) is 0.260. The molecule has 172 valence electrons. The molecule has 1 heterocycles. The van der Waals surface area contributed by atoms with Crippen LogP contribution in [0.1, 0.15) is 21.5 Å². The van der Waals surface area contributed by atoms with Gasteiger partial charge in [-0.2, -0.15) is 13.2 Å². The molecule has 4 aromatic rings. The highest BCUT2D eigenvalue weighted by molar-refractivity contribution is 6.31. The van der Waals surface area contributed by atoms with Gasteiger partial charge in [0, 0.05) is 23.6 Å². The number of nitrogens with zero attached hydrogens (tertiary/aromatic N) is 2. The summed E-state index contributed by atoms with van der Waals surface area (Å²) in [5.41, 5.74) is -0.501. The lowest BCUT2D eigenvalue weighted by Gasteiger charge is -2.13. The Bertz CT molecular complexity index is 1430. The van der Waals surface area contributed by atoms with Crippen molar-refractivity contribution in [2.45, 2.75) is 6.18 Å². The van der Waals surface area contributed by atoms with Crippen LogP contribution in [0.2, 0.25) is 5.02 Å². The molecule has 0 atom stereocenters. The van der Waals surface area contributed by atoms with Crippen molar-refractivity contribution in [3.05, 3.63) is 94.5 Å². The minimum Gasteiger partial charge on any atom is -0.308 e. The number of halogens is 5. The van der Waals surface area contributed by atoms with E-state index in [1.165, 1.54) is 42.7 Å². The van der Waals surface area contributed by atoms with Gasteiger partial charge < -0.3 is 10.6 Å². The van der Waals surface area contributed by atoms with Gasteiger partial charge in [0.05, 0.1) is 32.9 Å². The molecule has 4 rings (SSSR count). The molecular formula is C23H13ClF4N4O2. The summed E-state index contributed by atoms with van der Waals surface area (Å²) >= 11 is 5.64. The zero-order valence-corrected chi connectivity index (χ0v) is 17.7. The first-order chi connectivity index (χ1) is 16.1. The average molecular weight is 489 g/mol. The molecule has 0 saturated carbocycles. The van der Waals surface area contributed by atoms with Crippen molar-refractivity contribution in [2.75, 3.05) is 10.6 Å². The fourth-order valence-corrected chi connectivity index (χ4v) is 3.46. The minimum atomic E-state index is -4.65. The van der Waals surface area contributed by atoms with E-state index in [1.807, 2.05) is 0 Å². The second kappa shape index (κ2) is 9.06. The number of carbonyl (C=O) groups excluding carboxylic acids is 2. The third kappa shape index (κ3) is 4.81. The number of ketones is 1. The molecular weight excluding hydrogens is 476 g/mol. The summed E-state index contributed by atoms with van der Waals surface area (Å²) in [6, 6.07) is 10.1. The summed E-state index contributed by atoms with van der Waals surface area (Å²) < 4.78 is 53.5. The van der Waals surface area contributed by atoms with Crippen molar-refractivity contribution in [1.82, 2.24) is 9.97 Å². The fraction of sp³-hybridized carbons (Fsp3) is 0.0435. The molecule has 0 aliphatic carbocycles. The number of amides is 2. The van der Waals surface area contributed by atoms with Gasteiger partial charge in [0.25, 0.3) is 0 Å². The van der Waals surface area contributed by atoms with E-state index in [2.05, 4.69) is 20.6 Å². The first-order valence-electron chi connectivity index (χ1n) is 9.62. The fourth-order valence-electron chi connectivity index (χ4n) is 3.17. The molecule has 6 nitrogen and oxygen atoms in total. The van der Waals surface area contributed by atoms with Crippen LogP contribution < -0.4 is 10.6 Å². The molecule has 0 unspecified atom stereocenters. The van der Waals surface area contributed by atoms with E-state index in [4.69, 9.17) is 11.6 Å². The maximum Gasteiger partial charge on any atom is 0.417 e. The molecule has 1 aromatic heterocycles. The molecule has 0 fully saturated rings. The van der Waals surface area contributed by atoms with Crippen molar-refractivity contribution < 1.29 is 27.2 Å². The highest BCUT2D eigenvalue weighted by Gasteiger charge is 2.33. The van der Waals surface area contributed by atoms with Gasteiger partial charge in [-0.3, -0.25) is 14.8 Å². The first-order valence-corrected chi connectivity index (χ1v) is 10.00. The first kappa shape index (κ1) is 23.1. The number of alkyl halides is 3. The largest absolute Gasteiger partial charge is 0.417 e. The summed E-state index contributed by atoms with van der Waals surface area (Å²) in [4.78, 5) is 33.4. The van der Waals surface area contributed by atoms with Crippen LogP contribution >= 0.6 is 11.6 Å². The Morgan fingerprint density at radius 1 is 0.882 bits per heavy atom. The van der Waals surface area contributed by atoms with Crippen molar-refractivity contribution >= 4 is 45.8 Å². The second-order valence-corrected chi connectivity index (χ2v) is 7.43. The zero-order chi connectivity index (χ0) is 24.5. The molecule has 3 aromatic carbocycles. The van der Waals surface area contributed by atoms with Gasteiger partial charge in [-0.05, 0) is 48.5 Å². The van der Waals surface area contributed by atoms with E-state index in [-0.39, 0.29) is 22.5 Å². The SMILES string of the molecule is O=C(Nc1ccc(C(F)(F)F)c(Cl)c1)Nc1cccc(C(=O)c2ccc3nccnc3c2)c1F.